The number of piperidine rings is 1. The summed E-state index contributed by atoms with van der Waals surface area (Å²) >= 11 is 0. The van der Waals surface area contributed by atoms with Crippen LogP contribution in [0.4, 0.5) is 5.82 Å². The Morgan fingerprint density at radius 3 is 2.66 bits per heavy atom. The van der Waals surface area contributed by atoms with Crippen molar-refractivity contribution in [1.29, 1.82) is 0 Å². The van der Waals surface area contributed by atoms with Crippen LogP contribution in [-0.2, 0) is 0 Å². The van der Waals surface area contributed by atoms with E-state index in [1.807, 2.05) is 6.20 Å². The summed E-state index contributed by atoms with van der Waals surface area (Å²) in [5, 5.41) is 5.03. The minimum absolute atomic E-state index is 0.414. The number of hydrogen-bond acceptors (Lipinski definition) is 6. The average molecular weight is 506 g/mol. The molecule has 4 aromatic rings. The second kappa shape index (κ2) is 9.64. The first-order valence-electron chi connectivity index (χ1n) is 14.0. The first-order chi connectivity index (χ1) is 18.6. The first kappa shape index (κ1) is 23.6. The molecule has 0 amide bonds. The lowest BCUT2D eigenvalue weighted by Gasteiger charge is -2.40. The van der Waals surface area contributed by atoms with Gasteiger partial charge in [0, 0.05) is 41.3 Å². The summed E-state index contributed by atoms with van der Waals surface area (Å²) in [5.74, 6) is 2.02. The number of allylic oxidation sites excluding steroid dienone is 4. The maximum atomic E-state index is 6.44. The topological polar surface area (TPSA) is 84.4 Å². The van der Waals surface area contributed by atoms with Crippen molar-refractivity contribution < 1.29 is 0 Å². The predicted molar refractivity (Wildman–Crippen MR) is 154 cm³/mol. The van der Waals surface area contributed by atoms with Gasteiger partial charge in [-0.3, -0.25) is 4.40 Å². The number of rotatable bonds is 5. The third-order valence-electron chi connectivity index (χ3n) is 8.56. The highest BCUT2D eigenvalue weighted by molar-refractivity contribution is 5.91. The van der Waals surface area contributed by atoms with Crippen molar-refractivity contribution in [3.63, 3.8) is 0 Å². The number of nitrogens with zero attached hydrogens (tertiary/aromatic N) is 5. The molecule has 7 rings (SSSR count). The molecule has 0 radical (unpaired) electrons. The second-order valence-corrected chi connectivity index (χ2v) is 11.2. The van der Waals surface area contributed by atoms with Gasteiger partial charge in [0.05, 0.1) is 11.2 Å². The second-order valence-electron chi connectivity index (χ2n) is 11.2. The summed E-state index contributed by atoms with van der Waals surface area (Å²) in [5.41, 5.74) is 12.4. The zero-order chi connectivity index (χ0) is 25.6. The molecular weight excluding hydrogens is 470 g/mol. The molecule has 3 aromatic heterocycles. The summed E-state index contributed by atoms with van der Waals surface area (Å²) < 4.78 is 2.17. The Kier molecular flexibility index (Phi) is 5.98. The van der Waals surface area contributed by atoms with E-state index < -0.39 is 0 Å². The molecule has 0 bridgehead atoms. The fourth-order valence-corrected chi connectivity index (χ4v) is 6.28. The van der Waals surface area contributed by atoms with E-state index in [-0.39, 0.29) is 0 Å². The van der Waals surface area contributed by atoms with Gasteiger partial charge in [-0.25, -0.2) is 15.0 Å². The highest BCUT2D eigenvalue weighted by Gasteiger charge is 2.35. The minimum atomic E-state index is 0.414. The predicted octanol–water partition coefficient (Wildman–Crippen LogP) is 5.19. The summed E-state index contributed by atoms with van der Waals surface area (Å²) in [6.45, 7) is 2.37. The van der Waals surface area contributed by atoms with Crippen LogP contribution in [0.25, 0.3) is 33.3 Å². The number of benzene rings is 1. The number of anilines is 1. The highest BCUT2D eigenvalue weighted by atomic mass is 15.1. The van der Waals surface area contributed by atoms with Crippen molar-refractivity contribution in [2.45, 2.75) is 56.5 Å². The van der Waals surface area contributed by atoms with Crippen LogP contribution in [0.1, 0.15) is 56.0 Å². The Bertz CT molecular complexity index is 1550. The Balaban J connectivity index is 1.19. The van der Waals surface area contributed by atoms with E-state index >= 15 is 0 Å². The van der Waals surface area contributed by atoms with E-state index in [2.05, 4.69) is 75.2 Å². The van der Waals surface area contributed by atoms with Gasteiger partial charge in [0.25, 0.3) is 0 Å². The number of pyridine rings is 1. The monoisotopic (exact) mass is 505 g/mol. The molecule has 3 N–H and O–H groups in total. The molecule has 0 spiro atoms. The Morgan fingerprint density at radius 2 is 1.84 bits per heavy atom. The number of nitrogen functional groups attached to an aromatic ring is 1. The van der Waals surface area contributed by atoms with Crippen molar-refractivity contribution in [2.75, 3.05) is 25.9 Å². The normalized spacial score (nSPS) is 22.6. The highest BCUT2D eigenvalue weighted by Crippen LogP contribution is 2.40. The lowest BCUT2D eigenvalue weighted by Crippen LogP contribution is -2.49. The van der Waals surface area contributed by atoms with Gasteiger partial charge in [0.15, 0.2) is 0 Å². The van der Waals surface area contributed by atoms with Gasteiger partial charge in [-0.2, -0.15) is 0 Å². The van der Waals surface area contributed by atoms with E-state index in [4.69, 9.17) is 15.7 Å². The molecule has 1 saturated heterocycles. The third-order valence-corrected chi connectivity index (χ3v) is 8.56. The van der Waals surface area contributed by atoms with Crippen molar-refractivity contribution in [2.24, 2.45) is 0 Å². The number of imidazole rings is 1. The van der Waals surface area contributed by atoms with E-state index in [0.29, 0.717) is 23.8 Å². The van der Waals surface area contributed by atoms with Crippen LogP contribution in [0.2, 0.25) is 0 Å². The Labute approximate surface area is 223 Å². The van der Waals surface area contributed by atoms with Crippen LogP contribution in [0.15, 0.2) is 61.0 Å². The standard InChI is InChI=1S/C31H35N7/c1-37-14-11-24(12-15-37)34-25-17-23(18-25)31-36-28(29-30(32)33-13-16-38(29)31)22-8-7-21-9-10-26(35-27(21)19-22)20-5-3-2-4-6-20/h3,5-10,13,16,19,23-25,34H,2,4,11-12,14-15,17-18H2,1H3,(H2,32,33). The molecule has 38 heavy (non-hydrogen) atoms. The van der Waals surface area contributed by atoms with Crippen molar-refractivity contribution in [3.05, 3.63) is 72.5 Å². The number of fused-ring (bicyclic) bond motifs is 2. The Hall–Kier alpha value is -3.55. The van der Waals surface area contributed by atoms with E-state index in [1.165, 1.54) is 31.5 Å². The van der Waals surface area contributed by atoms with Crippen LogP contribution >= 0.6 is 0 Å². The third kappa shape index (κ3) is 4.29. The van der Waals surface area contributed by atoms with E-state index in [9.17, 15) is 0 Å². The van der Waals surface area contributed by atoms with Crippen LogP contribution in [0, 0.1) is 0 Å². The lowest BCUT2D eigenvalue weighted by molar-refractivity contribution is 0.190. The molecule has 1 aliphatic heterocycles. The summed E-state index contributed by atoms with van der Waals surface area (Å²) in [4.78, 5) is 17.1. The van der Waals surface area contributed by atoms with Gasteiger partial charge >= 0.3 is 0 Å². The molecule has 2 fully saturated rings. The summed E-state index contributed by atoms with van der Waals surface area (Å²) in [6, 6.07) is 11.9. The van der Waals surface area contributed by atoms with Crippen LogP contribution in [0.3, 0.4) is 0 Å². The fourth-order valence-electron chi connectivity index (χ4n) is 6.28. The summed E-state index contributed by atoms with van der Waals surface area (Å²) in [7, 11) is 2.22. The quantitative estimate of drug-likeness (QED) is 0.388. The van der Waals surface area contributed by atoms with Crippen molar-refractivity contribution >= 4 is 27.8 Å². The van der Waals surface area contributed by atoms with Gasteiger partial charge in [-0.1, -0.05) is 36.4 Å². The minimum Gasteiger partial charge on any atom is -0.382 e. The zero-order valence-corrected chi connectivity index (χ0v) is 22.0. The van der Waals surface area contributed by atoms with E-state index in [0.717, 1.165) is 64.9 Å². The Morgan fingerprint density at radius 1 is 1.00 bits per heavy atom. The maximum Gasteiger partial charge on any atom is 0.150 e. The van der Waals surface area contributed by atoms with Gasteiger partial charge in [-0.15, -0.1) is 0 Å². The molecule has 0 unspecified atom stereocenters. The fraction of sp³-hybridized carbons (Fsp3) is 0.387. The number of nitrogens with one attached hydrogen (secondary N) is 1. The molecular formula is C31H35N7. The summed E-state index contributed by atoms with van der Waals surface area (Å²) in [6.07, 6.45) is 17.3. The molecule has 7 nitrogen and oxygen atoms in total. The van der Waals surface area contributed by atoms with Crippen LogP contribution in [-0.4, -0.2) is 56.5 Å². The van der Waals surface area contributed by atoms with Crippen molar-refractivity contribution in [1.82, 2.24) is 29.6 Å². The first-order valence-corrected chi connectivity index (χ1v) is 14.0. The lowest BCUT2D eigenvalue weighted by atomic mass is 9.79. The largest absolute Gasteiger partial charge is 0.382 e. The molecule has 3 aliphatic rings. The van der Waals surface area contributed by atoms with Gasteiger partial charge in [-0.05, 0) is 76.4 Å². The SMILES string of the molecule is CN1CCC(NC2CC(c3nc(-c4ccc5ccc(C6=CCCC=C6)nc5c4)c4c(N)nccn34)C2)CC1. The molecule has 0 atom stereocenters. The average Bonchev–Trinajstić information content (AvgIpc) is 3.32. The van der Waals surface area contributed by atoms with Crippen LogP contribution in [0.5, 0.6) is 0 Å². The molecule has 4 heterocycles. The van der Waals surface area contributed by atoms with E-state index in [1.54, 1.807) is 6.20 Å². The van der Waals surface area contributed by atoms with Gasteiger partial charge in [0.1, 0.15) is 22.9 Å². The zero-order valence-electron chi connectivity index (χ0n) is 22.0. The number of aromatic nitrogens is 4. The van der Waals surface area contributed by atoms with Gasteiger partial charge in [0.2, 0.25) is 0 Å². The van der Waals surface area contributed by atoms with Gasteiger partial charge < -0.3 is 16.0 Å². The molecule has 1 aromatic carbocycles. The number of hydrogen-bond donors (Lipinski definition) is 2. The molecule has 2 aliphatic carbocycles. The molecule has 7 heteroatoms. The van der Waals surface area contributed by atoms with Crippen molar-refractivity contribution in [3.8, 4) is 11.3 Å². The molecule has 1 saturated carbocycles. The maximum absolute atomic E-state index is 6.44. The smallest absolute Gasteiger partial charge is 0.150 e. The number of nitrogens with two attached hydrogens (primary N) is 1. The molecule has 194 valence electrons. The number of likely N-dealkylation sites (tertiary alicyclic amines) is 1. The van der Waals surface area contributed by atoms with Crippen LogP contribution < -0.4 is 11.1 Å².